The van der Waals surface area contributed by atoms with E-state index in [0.717, 1.165) is 65.2 Å². The fourth-order valence-corrected chi connectivity index (χ4v) is 5.45. The van der Waals surface area contributed by atoms with Crippen LogP contribution in [0.15, 0.2) is 67.0 Å². The van der Waals surface area contributed by atoms with E-state index in [0.29, 0.717) is 5.56 Å². The number of carbonyl (C=O) groups excluding carboxylic acids is 1. The van der Waals surface area contributed by atoms with Gasteiger partial charge in [-0.3, -0.25) is 9.78 Å². The van der Waals surface area contributed by atoms with Crippen LogP contribution < -0.4 is 15.5 Å². The third kappa shape index (κ3) is 4.40. The van der Waals surface area contributed by atoms with Crippen LogP contribution in [0.5, 0.6) is 0 Å². The van der Waals surface area contributed by atoms with E-state index in [1.54, 1.807) is 12.1 Å². The molecule has 4 heterocycles. The molecule has 0 saturated carbocycles. The Bertz CT molecular complexity index is 1440. The maximum absolute atomic E-state index is 11.5. The molecule has 0 unspecified atom stereocenters. The molecule has 2 atom stereocenters. The van der Waals surface area contributed by atoms with E-state index in [1.807, 2.05) is 24.5 Å². The number of ether oxygens (including phenoxy) is 1. The minimum absolute atomic E-state index is 0.189. The van der Waals surface area contributed by atoms with Gasteiger partial charge in [0.15, 0.2) is 0 Å². The highest BCUT2D eigenvalue weighted by Gasteiger charge is 2.25. The van der Waals surface area contributed by atoms with Crippen molar-refractivity contribution >= 4 is 28.3 Å². The molecule has 7 nitrogen and oxygen atoms in total. The average Bonchev–Trinajstić information content (AvgIpc) is 2.87. The van der Waals surface area contributed by atoms with E-state index in [2.05, 4.69) is 54.0 Å². The van der Waals surface area contributed by atoms with E-state index in [4.69, 9.17) is 20.4 Å². The minimum atomic E-state index is -0.426. The Hall–Kier alpha value is -3.97. The number of benzene rings is 2. The number of pyridine rings is 2. The van der Waals surface area contributed by atoms with Gasteiger partial charge in [0.25, 0.3) is 0 Å². The normalized spacial score (nSPS) is 19.6. The van der Waals surface area contributed by atoms with Crippen molar-refractivity contribution in [1.82, 2.24) is 9.97 Å². The molecule has 4 aromatic rings. The van der Waals surface area contributed by atoms with Crippen LogP contribution in [0.2, 0.25) is 0 Å². The number of nitrogens with zero attached hydrogens (tertiary/aromatic N) is 4. The number of para-hydroxylation sites is 1. The second-order valence-electron chi connectivity index (χ2n) is 10.1. The van der Waals surface area contributed by atoms with Gasteiger partial charge in [-0.15, -0.1) is 0 Å². The lowest BCUT2D eigenvalue weighted by atomic mass is 9.96. The topological polar surface area (TPSA) is 84.6 Å². The molecule has 1 amide bonds. The molecule has 2 saturated heterocycles. The van der Waals surface area contributed by atoms with Gasteiger partial charge in [0.1, 0.15) is 5.82 Å². The molecular formula is C30H31N5O2. The first-order chi connectivity index (χ1) is 18.0. The summed E-state index contributed by atoms with van der Waals surface area (Å²) in [6.45, 7) is 7.96. The minimum Gasteiger partial charge on any atom is -0.372 e. The number of morpholine rings is 1. The van der Waals surface area contributed by atoms with E-state index in [9.17, 15) is 4.79 Å². The third-order valence-electron chi connectivity index (χ3n) is 7.32. The van der Waals surface area contributed by atoms with Crippen molar-refractivity contribution in [2.75, 3.05) is 36.0 Å². The van der Waals surface area contributed by atoms with Gasteiger partial charge in [-0.25, -0.2) is 4.98 Å². The van der Waals surface area contributed by atoms with Gasteiger partial charge in [0, 0.05) is 66.2 Å². The van der Waals surface area contributed by atoms with E-state index >= 15 is 0 Å². The summed E-state index contributed by atoms with van der Waals surface area (Å²) in [5.41, 5.74) is 12.3. The number of primary amides is 1. The lowest BCUT2D eigenvalue weighted by Crippen LogP contribution is -2.45. The quantitative estimate of drug-likeness (QED) is 0.426. The zero-order valence-electron chi connectivity index (χ0n) is 21.2. The fourth-order valence-electron chi connectivity index (χ4n) is 5.45. The summed E-state index contributed by atoms with van der Waals surface area (Å²) in [6, 6.07) is 18.0. The molecule has 2 N–H and O–H groups in total. The van der Waals surface area contributed by atoms with Gasteiger partial charge in [0.2, 0.25) is 5.91 Å². The molecule has 2 aliphatic heterocycles. The monoisotopic (exact) mass is 493 g/mol. The molecule has 2 fully saturated rings. The maximum atomic E-state index is 11.5. The summed E-state index contributed by atoms with van der Waals surface area (Å²) in [5, 5.41) is 1.12. The fraction of sp³-hybridized carbons (Fsp3) is 0.300. The van der Waals surface area contributed by atoms with Crippen LogP contribution in [0.1, 0.15) is 30.6 Å². The van der Waals surface area contributed by atoms with Gasteiger partial charge < -0.3 is 20.3 Å². The second-order valence-corrected chi connectivity index (χ2v) is 10.1. The van der Waals surface area contributed by atoms with Crippen molar-refractivity contribution in [3.05, 3.63) is 72.6 Å². The Labute approximate surface area is 216 Å². The Morgan fingerprint density at radius 1 is 0.865 bits per heavy atom. The average molecular weight is 494 g/mol. The van der Waals surface area contributed by atoms with Crippen molar-refractivity contribution in [3.8, 4) is 22.3 Å². The highest BCUT2D eigenvalue weighted by atomic mass is 16.5. The SMILES string of the molecule is C[C@@H]1CN(c2ccc(-c3cnc4c(-c5ccc(C(N)=O)cc5)cccc4c3N3CCC3)cn2)C[C@H](C)O1. The number of hydrogen-bond donors (Lipinski definition) is 1. The summed E-state index contributed by atoms with van der Waals surface area (Å²) < 4.78 is 5.89. The van der Waals surface area contributed by atoms with Crippen LogP contribution in [0, 0.1) is 0 Å². The largest absolute Gasteiger partial charge is 0.372 e. The lowest BCUT2D eigenvalue weighted by molar-refractivity contribution is -0.00545. The number of rotatable bonds is 5. The molecule has 0 radical (unpaired) electrons. The summed E-state index contributed by atoms with van der Waals surface area (Å²) in [5.74, 6) is 0.552. The highest BCUT2D eigenvalue weighted by molar-refractivity contribution is 6.06. The molecule has 0 bridgehead atoms. The summed E-state index contributed by atoms with van der Waals surface area (Å²) in [6.07, 6.45) is 5.51. The van der Waals surface area contributed by atoms with Crippen LogP contribution in [0.25, 0.3) is 33.2 Å². The van der Waals surface area contributed by atoms with E-state index in [-0.39, 0.29) is 12.2 Å². The smallest absolute Gasteiger partial charge is 0.248 e. The number of amides is 1. The first-order valence-corrected chi connectivity index (χ1v) is 12.9. The summed E-state index contributed by atoms with van der Waals surface area (Å²) in [7, 11) is 0. The molecule has 2 aromatic heterocycles. The number of aromatic nitrogens is 2. The molecular weight excluding hydrogens is 462 g/mol. The van der Waals surface area contributed by atoms with Crippen molar-refractivity contribution in [3.63, 3.8) is 0 Å². The zero-order valence-corrected chi connectivity index (χ0v) is 21.2. The highest BCUT2D eigenvalue weighted by Crippen LogP contribution is 2.41. The molecule has 37 heavy (non-hydrogen) atoms. The van der Waals surface area contributed by atoms with Crippen LogP contribution in [-0.4, -0.2) is 54.3 Å². The van der Waals surface area contributed by atoms with Crippen LogP contribution in [0.4, 0.5) is 11.5 Å². The van der Waals surface area contributed by atoms with Crippen molar-refractivity contribution in [1.29, 1.82) is 0 Å². The number of fused-ring (bicyclic) bond motifs is 1. The van der Waals surface area contributed by atoms with Gasteiger partial charge in [0.05, 0.1) is 23.4 Å². The number of carbonyl (C=O) groups is 1. The molecule has 2 aliphatic rings. The lowest BCUT2D eigenvalue weighted by Gasteiger charge is -2.36. The van der Waals surface area contributed by atoms with Crippen LogP contribution in [0.3, 0.4) is 0 Å². The molecule has 188 valence electrons. The van der Waals surface area contributed by atoms with Crippen LogP contribution in [-0.2, 0) is 4.74 Å². The summed E-state index contributed by atoms with van der Waals surface area (Å²) >= 11 is 0. The van der Waals surface area contributed by atoms with Crippen molar-refractivity contribution in [2.24, 2.45) is 5.73 Å². The Morgan fingerprint density at radius 2 is 1.59 bits per heavy atom. The number of hydrogen-bond acceptors (Lipinski definition) is 6. The Balaban J connectivity index is 1.41. The van der Waals surface area contributed by atoms with Gasteiger partial charge in [-0.1, -0.05) is 30.3 Å². The molecule has 0 aliphatic carbocycles. The van der Waals surface area contributed by atoms with Crippen molar-refractivity contribution in [2.45, 2.75) is 32.5 Å². The Morgan fingerprint density at radius 3 is 2.22 bits per heavy atom. The third-order valence-corrected chi connectivity index (χ3v) is 7.32. The predicted octanol–water partition coefficient (Wildman–Crippen LogP) is 4.89. The first-order valence-electron chi connectivity index (χ1n) is 12.9. The molecule has 7 heteroatoms. The molecule has 2 aromatic carbocycles. The van der Waals surface area contributed by atoms with Gasteiger partial charge in [-0.05, 0) is 50.1 Å². The maximum Gasteiger partial charge on any atom is 0.248 e. The number of nitrogens with two attached hydrogens (primary N) is 1. The first kappa shape index (κ1) is 23.4. The number of anilines is 2. The van der Waals surface area contributed by atoms with E-state index < -0.39 is 5.91 Å². The Kier molecular flexibility index (Phi) is 6.00. The molecule has 0 spiro atoms. The van der Waals surface area contributed by atoms with Gasteiger partial charge >= 0.3 is 0 Å². The summed E-state index contributed by atoms with van der Waals surface area (Å²) in [4.78, 5) is 26.0. The predicted molar refractivity (Wildman–Crippen MR) is 148 cm³/mol. The standard InChI is InChI=1S/C30H31N5O2/c1-19-17-35(18-20(2)37-19)27-12-11-23(15-32-27)26-16-33-28-24(21-7-9-22(10-8-21)30(31)36)5-3-6-25(28)29(26)34-13-4-14-34/h3,5-12,15-16,19-20H,4,13-14,17-18H2,1-2H3,(H2,31,36)/t19-,20+. The second kappa shape index (κ2) is 9.48. The molecule has 6 rings (SSSR count). The van der Waals surface area contributed by atoms with E-state index in [1.165, 1.54) is 12.1 Å². The zero-order chi connectivity index (χ0) is 25.5. The van der Waals surface area contributed by atoms with Crippen molar-refractivity contribution < 1.29 is 9.53 Å². The van der Waals surface area contributed by atoms with Crippen LogP contribution >= 0.6 is 0 Å². The van der Waals surface area contributed by atoms with Gasteiger partial charge in [-0.2, -0.15) is 0 Å².